The molecule has 0 saturated carbocycles. The first-order valence-corrected chi connectivity index (χ1v) is 5.13. The molecular weight excluding hydrogens is 166 g/mol. The van der Waals surface area contributed by atoms with Crippen molar-refractivity contribution in [3.63, 3.8) is 0 Å². The van der Waals surface area contributed by atoms with E-state index in [1.165, 1.54) is 0 Å². The van der Waals surface area contributed by atoms with Gasteiger partial charge in [0.05, 0.1) is 19.8 Å². The maximum absolute atomic E-state index is 5.52. The van der Waals surface area contributed by atoms with Gasteiger partial charge in [0.15, 0.2) is 0 Å². The van der Waals surface area contributed by atoms with Gasteiger partial charge in [-0.05, 0) is 12.8 Å². The van der Waals surface area contributed by atoms with Crippen LogP contribution in [0, 0.1) is 5.92 Å². The van der Waals surface area contributed by atoms with Crippen molar-refractivity contribution in [2.45, 2.75) is 32.9 Å². The van der Waals surface area contributed by atoms with Gasteiger partial charge in [-0.25, -0.2) is 0 Å². The van der Waals surface area contributed by atoms with E-state index in [4.69, 9.17) is 9.47 Å². The highest BCUT2D eigenvalue weighted by Crippen LogP contribution is 2.04. The first kappa shape index (κ1) is 11.0. The summed E-state index contributed by atoms with van der Waals surface area (Å²) in [7, 11) is 0. The van der Waals surface area contributed by atoms with Gasteiger partial charge >= 0.3 is 0 Å². The largest absolute Gasteiger partial charge is 0.376 e. The molecule has 1 rings (SSSR count). The lowest BCUT2D eigenvalue weighted by atomic mass is 10.1. The lowest BCUT2D eigenvalue weighted by molar-refractivity contribution is -0.128. The van der Waals surface area contributed by atoms with Gasteiger partial charge in [0.1, 0.15) is 6.10 Å². The smallest absolute Gasteiger partial charge is 0.104 e. The minimum atomic E-state index is 0.358. The van der Waals surface area contributed by atoms with Crippen LogP contribution >= 0.6 is 0 Å². The van der Waals surface area contributed by atoms with E-state index in [1.807, 2.05) is 0 Å². The summed E-state index contributed by atoms with van der Waals surface area (Å²) in [4.78, 5) is 0. The minimum absolute atomic E-state index is 0.358. The highest BCUT2D eigenvalue weighted by Gasteiger charge is 2.18. The van der Waals surface area contributed by atoms with Crippen LogP contribution in [0.15, 0.2) is 0 Å². The summed E-state index contributed by atoms with van der Waals surface area (Å²) >= 11 is 0. The van der Waals surface area contributed by atoms with Crippen molar-refractivity contribution in [2.75, 3.05) is 26.4 Å². The van der Waals surface area contributed by atoms with Gasteiger partial charge in [-0.1, -0.05) is 13.8 Å². The maximum atomic E-state index is 5.52. The molecule has 1 atom stereocenters. The normalized spacial score (nSPS) is 20.3. The second-order valence-corrected chi connectivity index (χ2v) is 4.02. The molecule has 0 spiro atoms. The van der Waals surface area contributed by atoms with E-state index >= 15 is 0 Å². The Balaban J connectivity index is 1.88. The maximum Gasteiger partial charge on any atom is 0.104 e. The fourth-order valence-electron chi connectivity index (χ4n) is 1.06. The monoisotopic (exact) mass is 187 g/mol. The molecule has 1 heterocycles. The summed E-state index contributed by atoms with van der Waals surface area (Å²) in [5.74, 6) is 0.687. The van der Waals surface area contributed by atoms with Crippen molar-refractivity contribution >= 4 is 0 Å². The van der Waals surface area contributed by atoms with Gasteiger partial charge < -0.3 is 14.8 Å². The van der Waals surface area contributed by atoms with E-state index in [0.29, 0.717) is 18.1 Å². The van der Waals surface area contributed by atoms with E-state index in [-0.39, 0.29) is 0 Å². The molecule has 1 aliphatic heterocycles. The lowest BCUT2D eigenvalue weighted by Gasteiger charge is -2.26. The Kier molecular flexibility index (Phi) is 4.70. The Bertz CT molecular complexity index is 135. The minimum Gasteiger partial charge on any atom is -0.376 e. The molecule has 0 radical (unpaired) electrons. The topological polar surface area (TPSA) is 30.5 Å². The number of ether oxygens (including phenoxy) is 2. The molecule has 1 N–H and O–H groups in total. The molecule has 0 aromatic heterocycles. The Morgan fingerprint density at radius 1 is 1.38 bits per heavy atom. The summed E-state index contributed by atoms with van der Waals surface area (Å²) in [6.45, 7) is 9.94. The standard InChI is InChI=1S/C10H21NO2/c1-8(2)9(3)11-4-5-13-10-6-12-7-10/h8-11H,4-7H2,1-3H3. The third kappa shape index (κ3) is 4.07. The van der Waals surface area contributed by atoms with Gasteiger partial charge in [0, 0.05) is 12.6 Å². The average Bonchev–Trinajstić information content (AvgIpc) is 2.00. The zero-order chi connectivity index (χ0) is 9.68. The van der Waals surface area contributed by atoms with Gasteiger partial charge in [-0.2, -0.15) is 0 Å². The highest BCUT2D eigenvalue weighted by molar-refractivity contribution is 4.66. The summed E-state index contributed by atoms with van der Waals surface area (Å²) in [6, 6.07) is 0.571. The fraction of sp³-hybridized carbons (Fsp3) is 1.00. The Morgan fingerprint density at radius 3 is 2.54 bits per heavy atom. The molecule has 0 aliphatic carbocycles. The van der Waals surface area contributed by atoms with E-state index < -0.39 is 0 Å². The summed E-state index contributed by atoms with van der Waals surface area (Å²) in [6.07, 6.45) is 0.358. The molecule has 1 aliphatic rings. The molecule has 0 aromatic rings. The van der Waals surface area contributed by atoms with Crippen molar-refractivity contribution in [3.05, 3.63) is 0 Å². The summed E-state index contributed by atoms with van der Waals surface area (Å²) < 4.78 is 10.5. The van der Waals surface area contributed by atoms with Gasteiger partial charge in [0.2, 0.25) is 0 Å². The van der Waals surface area contributed by atoms with E-state index in [0.717, 1.165) is 26.4 Å². The SMILES string of the molecule is CC(C)C(C)NCCOC1COC1. The van der Waals surface area contributed by atoms with Crippen molar-refractivity contribution in [1.29, 1.82) is 0 Å². The number of rotatable bonds is 6. The van der Waals surface area contributed by atoms with Crippen LogP contribution in [0.4, 0.5) is 0 Å². The Labute approximate surface area is 80.8 Å². The predicted molar refractivity (Wildman–Crippen MR) is 52.9 cm³/mol. The van der Waals surface area contributed by atoms with Crippen LogP contribution in [0.5, 0.6) is 0 Å². The third-order valence-corrected chi connectivity index (χ3v) is 2.53. The number of hydrogen-bond donors (Lipinski definition) is 1. The van der Waals surface area contributed by atoms with Crippen LogP contribution in [0.2, 0.25) is 0 Å². The van der Waals surface area contributed by atoms with Crippen LogP contribution < -0.4 is 5.32 Å². The van der Waals surface area contributed by atoms with E-state index in [2.05, 4.69) is 26.1 Å². The molecule has 0 amide bonds. The molecule has 0 bridgehead atoms. The average molecular weight is 187 g/mol. The molecule has 13 heavy (non-hydrogen) atoms. The van der Waals surface area contributed by atoms with Crippen LogP contribution in [-0.4, -0.2) is 38.5 Å². The van der Waals surface area contributed by atoms with Crippen LogP contribution in [-0.2, 0) is 9.47 Å². The molecule has 3 heteroatoms. The van der Waals surface area contributed by atoms with Crippen LogP contribution in [0.1, 0.15) is 20.8 Å². The Hall–Kier alpha value is -0.120. The van der Waals surface area contributed by atoms with Crippen molar-refractivity contribution < 1.29 is 9.47 Å². The zero-order valence-electron chi connectivity index (χ0n) is 8.88. The number of hydrogen-bond acceptors (Lipinski definition) is 3. The second kappa shape index (κ2) is 5.58. The van der Waals surface area contributed by atoms with Crippen LogP contribution in [0.3, 0.4) is 0 Å². The first-order valence-electron chi connectivity index (χ1n) is 5.13. The highest BCUT2D eigenvalue weighted by atomic mass is 16.6. The van der Waals surface area contributed by atoms with Crippen molar-refractivity contribution in [1.82, 2.24) is 5.32 Å². The molecule has 78 valence electrons. The van der Waals surface area contributed by atoms with E-state index in [1.54, 1.807) is 0 Å². The molecule has 1 unspecified atom stereocenters. The van der Waals surface area contributed by atoms with Gasteiger partial charge in [-0.15, -0.1) is 0 Å². The zero-order valence-corrected chi connectivity index (χ0v) is 8.88. The quantitative estimate of drug-likeness (QED) is 0.630. The molecule has 3 nitrogen and oxygen atoms in total. The van der Waals surface area contributed by atoms with E-state index in [9.17, 15) is 0 Å². The first-order chi connectivity index (χ1) is 6.20. The summed E-state index contributed by atoms with van der Waals surface area (Å²) in [5.41, 5.74) is 0. The van der Waals surface area contributed by atoms with Crippen molar-refractivity contribution in [3.8, 4) is 0 Å². The third-order valence-electron chi connectivity index (χ3n) is 2.53. The Morgan fingerprint density at radius 2 is 2.08 bits per heavy atom. The fourth-order valence-corrected chi connectivity index (χ4v) is 1.06. The number of nitrogens with one attached hydrogen (secondary N) is 1. The predicted octanol–water partition coefficient (Wildman–Crippen LogP) is 1.04. The van der Waals surface area contributed by atoms with Crippen molar-refractivity contribution in [2.24, 2.45) is 5.92 Å². The van der Waals surface area contributed by atoms with Gasteiger partial charge in [-0.3, -0.25) is 0 Å². The molecule has 1 saturated heterocycles. The van der Waals surface area contributed by atoms with Gasteiger partial charge in [0.25, 0.3) is 0 Å². The van der Waals surface area contributed by atoms with Crippen LogP contribution in [0.25, 0.3) is 0 Å². The lowest BCUT2D eigenvalue weighted by Crippen LogP contribution is -2.39. The second-order valence-electron chi connectivity index (χ2n) is 4.02. The molecular formula is C10H21NO2. The molecule has 1 fully saturated rings. The molecule has 0 aromatic carbocycles. The summed E-state index contributed by atoms with van der Waals surface area (Å²) in [5, 5.41) is 3.42.